The Balaban J connectivity index is 1.87. The standard InChI is InChI=1S/C13H25NO2S/c1-15-6-3-12(14)11-2-7-16-13(10-11)4-8-17-9-5-13/h11-12H,2-10,14H2,1H3. The van der Waals surface area contributed by atoms with Crippen molar-refractivity contribution >= 4 is 11.8 Å². The SMILES string of the molecule is COCCC(N)C1CCOC2(CCSCC2)C1. The Hall–Kier alpha value is 0.230. The molecule has 2 saturated heterocycles. The lowest BCUT2D eigenvalue weighted by atomic mass is 9.78. The van der Waals surface area contributed by atoms with Gasteiger partial charge in [0.2, 0.25) is 0 Å². The van der Waals surface area contributed by atoms with E-state index in [-0.39, 0.29) is 11.6 Å². The van der Waals surface area contributed by atoms with Crippen molar-refractivity contribution in [1.29, 1.82) is 0 Å². The summed E-state index contributed by atoms with van der Waals surface area (Å²) in [5.41, 5.74) is 6.45. The molecular formula is C13H25NO2S. The maximum atomic E-state index is 6.28. The lowest BCUT2D eigenvalue weighted by molar-refractivity contribution is -0.106. The van der Waals surface area contributed by atoms with Crippen molar-refractivity contribution in [2.24, 2.45) is 11.7 Å². The Morgan fingerprint density at radius 1 is 1.47 bits per heavy atom. The second kappa shape index (κ2) is 6.41. The van der Waals surface area contributed by atoms with Crippen molar-refractivity contribution in [2.75, 3.05) is 31.8 Å². The van der Waals surface area contributed by atoms with E-state index >= 15 is 0 Å². The van der Waals surface area contributed by atoms with Crippen LogP contribution in [0.25, 0.3) is 0 Å². The molecule has 0 aliphatic carbocycles. The fourth-order valence-corrected chi connectivity index (χ4v) is 4.25. The molecule has 2 rings (SSSR count). The van der Waals surface area contributed by atoms with E-state index in [0.29, 0.717) is 5.92 Å². The topological polar surface area (TPSA) is 44.5 Å². The van der Waals surface area contributed by atoms with Gasteiger partial charge in [0.05, 0.1) is 5.60 Å². The second-order valence-electron chi connectivity index (χ2n) is 5.34. The first kappa shape index (κ1) is 13.7. The Labute approximate surface area is 109 Å². The highest BCUT2D eigenvalue weighted by Crippen LogP contribution is 2.40. The molecule has 2 fully saturated rings. The summed E-state index contributed by atoms with van der Waals surface area (Å²) in [5.74, 6) is 3.13. The van der Waals surface area contributed by atoms with Gasteiger partial charge in [-0.1, -0.05) is 0 Å². The molecule has 0 bridgehead atoms. The van der Waals surface area contributed by atoms with Crippen molar-refractivity contribution in [3.63, 3.8) is 0 Å². The molecule has 2 atom stereocenters. The molecule has 4 heteroatoms. The normalized spacial score (nSPS) is 30.4. The van der Waals surface area contributed by atoms with Gasteiger partial charge in [0, 0.05) is 26.4 Å². The first-order valence-electron chi connectivity index (χ1n) is 6.72. The van der Waals surface area contributed by atoms with Crippen LogP contribution in [0.4, 0.5) is 0 Å². The van der Waals surface area contributed by atoms with Gasteiger partial charge in [-0.05, 0) is 49.5 Å². The molecule has 100 valence electrons. The van der Waals surface area contributed by atoms with E-state index < -0.39 is 0 Å². The third-order valence-electron chi connectivity index (χ3n) is 4.20. The molecule has 0 aromatic carbocycles. The number of nitrogens with two attached hydrogens (primary N) is 1. The summed E-state index contributed by atoms with van der Waals surface area (Å²) in [6, 6.07) is 0.283. The molecule has 1 spiro atoms. The van der Waals surface area contributed by atoms with Gasteiger partial charge in [-0.2, -0.15) is 11.8 Å². The van der Waals surface area contributed by atoms with Crippen LogP contribution in [0.2, 0.25) is 0 Å². The zero-order chi connectivity index (χ0) is 12.1. The quantitative estimate of drug-likeness (QED) is 0.839. The molecule has 0 aromatic heterocycles. The molecule has 2 unspecified atom stereocenters. The fourth-order valence-electron chi connectivity index (χ4n) is 3.01. The van der Waals surface area contributed by atoms with Gasteiger partial charge in [-0.15, -0.1) is 0 Å². The molecule has 3 nitrogen and oxygen atoms in total. The lowest BCUT2D eigenvalue weighted by Crippen LogP contribution is -2.47. The van der Waals surface area contributed by atoms with Crippen LogP contribution in [0.15, 0.2) is 0 Å². The summed E-state index contributed by atoms with van der Waals surface area (Å²) in [4.78, 5) is 0. The van der Waals surface area contributed by atoms with Crippen molar-refractivity contribution in [3.8, 4) is 0 Å². The summed E-state index contributed by atoms with van der Waals surface area (Å²) in [6.45, 7) is 1.68. The highest BCUT2D eigenvalue weighted by atomic mass is 32.2. The van der Waals surface area contributed by atoms with Gasteiger partial charge >= 0.3 is 0 Å². The minimum Gasteiger partial charge on any atom is -0.385 e. The third-order valence-corrected chi connectivity index (χ3v) is 5.18. The van der Waals surface area contributed by atoms with Crippen LogP contribution in [0.5, 0.6) is 0 Å². The number of hydrogen-bond acceptors (Lipinski definition) is 4. The Morgan fingerprint density at radius 2 is 2.24 bits per heavy atom. The first-order valence-corrected chi connectivity index (χ1v) is 7.87. The number of hydrogen-bond donors (Lipinski definition) is 1. The maximum Gasteiger partial charge on any atom is 0.0701 e. The highest BCUT2D eigenvalue weighted by Gasteiger charge is 2.40. The molecule has 0 saturated carbocycles. The Morgan fingerprint density at radius 3 is 2.94 bits per heavy atom. The second-order valence-corrected chi connectivity index (χ2v) is 6.57. The van der Waals surface area contributed by atoms with Gasteiger partial charge in [-0.3, -0.25) is 0 Å². The predicted molar refractivity (Wildman–Crippen MR) is 72.4 cm³/mol. The van der Waals surface area contributed by atoms with E-state index in [9.17, 15) is 0 Å². The zero-order valence-corrected chi connectivity index (χ0v) is 11.6. The first-order chi connectivity index (χ1) is 8.26. The van der Waals surface area contributed by atoms with Gasteiger partial charge in [0.25, 0.3) is 0 Å². The lowest BCUT2D eigenvalue weighted by Gasteiger charge is -2.44. The van der Waals surface area contributed by atoms with Crippen LogP contribution in [0.1, 0.15) is 32.1 Å². The number of thioether (sulfide) groups is 1. The van der Waals surface area contributed by atoms with Crippen molar-refractivity contribution < 1.29 is 9.47 Å². The smallest absolute Gasteiger partial charge is 0.0701 e. The predicted octanol–water partition coefficient (Wildman–Crippen LogP) is 2.04. The van der Waals surface area contributed by atoms with Gasteiger partial charge in [-0.25, -0.2) is 0 Å². The molecule has 2 N–H and O–H groups in total. The average molecular weight is 259 g/mol. The van der Waals surface area contributed by atoms with Gasteiger partial charge in [0.1, 0.15) is 0 Å². The summed E-state index contributed by atoms with van der Waals surface area (Å²) in [5, 5.41) is 0. The summed E-state index contributed by atoms with van der Waals surface area (Å²) >= 11 is 2.05. The van der Waals surface area contributed by atoms with Crippen molar-refractivity contribution in [3.05, 3.63) is 0 Å². The molecule has 0 radical (unpaired) electrons. The van der Waals surface area contributed by atoms with Crippen LogP contribution in [0, 0.1) is 5.92 Å². The van der Waals surface area contributed by atoms with Crippen LogP contribution in [-0.4, -0.2) is 43.5 Å². The third kappa shape index (κ3) is 3.60. The molecule has 0 aromatic rings. The molecule has 2 aliphatic rings. The minimum atomic E-state index is 0.166. The molecular weight excluding hydrogens is 234 g/mol. The average Bonchev–Trinajstić information content (AvgIpc) is 2.37. The van der Waals surface area contributed by atoms with E-state index in [0.717, 1.165) is 26.1 Å². The maximum absolute atomic E-state index is 6.28. The van der Waals surface area contributed by atoms with E-state index in [2.05, 4.69) is 11.8 Å². The number of rotatable bonds is 4. The molecule has 17 heavy (non-hydrogen) atoms. The van der Waals surface area contributed by atoms with Gasteiger partial charge in [0.15, 0.2) is 0 Å². The number of ether oxygens (including phenoxy) is 2. The Kier molecular flexibility index (Phi) is 5.15. The summed E-state index contributed by atoms with van der Waals surface area (Å²) < 4.78 is 11.2. The highest BCUT2D eigenvalue weighted by molar-refractivity contribution is 7.99. The van der Waals surface area contributed by atoms with Crippen LogP contribution in [-0.2, 0) is 9.47 Å². The van der Waals surface area contributed by atoms with Crippen LogP contribution < -0.4 is 5.73 Å². The number of methoxy groups -OCH3 is 1. The molecule has 0 amide bonds. The molecule has 2 aliphatic heterocycles. The fraction of sp³-hybridized carbons (Fsp3) is 1.00. The van der Waals surface area contributed by atoms with E-state index in [1.807, 2.05) is 0 Å². The minimum absolute atomic E-state index is 0.166. The zero-order valence-electron chi connectivity index (χ0n) is 10.8. The van der Waals surface area contributed by atoms with Crippen LogP contribution in [0.3, 0.4) is 0 Å². The van der Waals surface area contributed by atoms with Gasteiger partial charge < -0.3 is 15.2 Å². The van der Waals surface area contributed by atoms with Crippen LogP contribution >= 0.6 is 11.8 Å². The largest absolute Gasteiger partial charge is 0.385 e. The monoisotopic (exact) mass is 259 g/mol. The Bertz CT molecular complexity index is 226. The summed E-state index contributed by atoms with van der Waals surface area (Å²) in [7, 11) is 1.75. The van der Waals surface area contributed by atoms with Crippen molar-refractivity contribution in [2.45, 2.75) is 43.7 Å². The van der Waals surface area contributed by atoms with E-state index in [1.165, 1.54) is 30.8 Å². The van der Waals surface area contributed by atoms with Crippen molar-refractivity contribution in [1.82, 2.24) is 0 Å². The van der Waals surface area contributed by atoms with E-state index in [1.54, 1.807) is 7.11 Å². The summed E-state index contributed by atoms with van der Waals surface area (Å²) in [6.07, 6.45) is 5.69. The van der Waals surface area contributed by atoms with E-state index in [4.69, 9.17) is 15.2 Å². The molecule has 2 heterocycles.